The van der Waals surface area contributed by atoms with Gasteiger partial charge in [0.05, 0.1) is 26.4 Å². The van der Waals surface area contributed by atoms with Crippen LogP contribution in [-0.4, -0.2) is 52.6 Å². The van der Waals surface area contributed by atoms with Crippen molar-refractivity contribution in [1.29, 1.82) is 0 Å². The van der Waals surface area contributed by atoms with Gasteiger partial charge in [-0.2, -0.15) is 0 Å². The first-order valence-corrected chi connectivity index (χ1v) is 15.5. The molecule has 8 nitrogen and oxygen atoms in total. The molecule has 4 aromatic carbocycles. The first kappa shape index (κ1) is 32.8. The van der Waals surface area contributed by atoms with E-state index in [1.54, 1.807) is 0 Å². The van der Waals surface area contributed by atoms with E-state index in [0.29, 0.717) is 52.6 Å². The van der Waals surface area contributed by atoms with E-state index >= 15 is 0 Å². The van der Waals surface area contributed by atoms with Crippen LogP contribution in [0.1, 0.15) is 25.7 Å². The Kier molecular flexibility index (Phi) is 13.4. The third-order valence-corrected chi connectivity index (χ3v) is 6.95. The van der Waals surface area contributed by atoms with E-state index in [1.165, 1.54) is 0 Å². The lowest BCUT2D eigenvalue weighted by Gasteiger charge is -2.14. The van der Waals surface area contributed by atoms with Gasteiger partial charge < -0.3 is 41.9 Å². The van der Waals surface area contributed by atoms with Crippen molar-refractivity contribution in [3.05, 3.63) is 84.9 Å². The van der Waals surface area contributed by atoms with Crippen LogP contribution in [0.5, 0.6) is 23.0 Å². The SMILES string of the molecule is NCCCOc1cc(OCCCN)cc(-c2cccc(-c3cccc(-c4cc(OCCCN)cc(OCCCN)c4)c3)c2)c1. The number of hydrogen-bond donors (Lipinski definition) is 4. The zero-order valence-electron chi connectivity index (χ0n) is 25.5. The molecule has 4 rings (SSSR count). The minimum absolute atomic E-state index is 0.550. The molecule has 234 valence electrons. The Bertz CT molecular complexity index is 1280. The van der Waals surface area contributed by atoms with Crippen LogP contribution in [0.15, 0.2) is 84.9 Å². The number of ether oxygens (including phenoxy) is 4. The molecule has 0 radical (unpaired) electrons. The first-order chi connectivity index (χ1) is 21.6. The summed E-state index contributed by atoms with van der Waals surface area (Å²) in [5, 5.41) is 0. The van der Waals surface area contributed by atoms with Gasteiger partial charge in [-0.3, -0.25) is 0 Å². The van der Waals surface area contributed by atoms with E-state index < -0.39 is 0 Å². The second-order valence-corrected chi connectivity index (χ2v) is 10.5. The van der Waals surface area contributed by atoms with Gasteiger partial charge in [0.15, 0.2) is 0 Å². The highest BCUT2D eigenvalue weighted by molar-refractivity contribution is 5.78. The highest BCUT2D eigenvalue weighted by atomic mass is 16.5. The second-order valence-electron chi connectivity index (χ2n) is 10.5. The van der Waals surface area contributed by atoms with Crippen molar-refractivity contribution in [3.63, 3.8) is 0 Å². The normalized spacial score (nSPS) is 10.9. The molecule has 0 aromatic heterocycles. The average Bonchev–Trinajstić information content (AvgIpc) is 3.05. The fourth-order valence-electron chi connectivity index (χ4n) is 4.66. The zero-order valence-corrected chi connectivity index (χ0v) is 25.5. The molecule has 4 aromatic rings. The Morgan fingerprint density at radius 2 is 0.614 bits per heavy atom. The number of benzene rings is 4. The quantitative estimate of drug-likeness (QED) is 0.102. The lowest BCUT2D eigenvalue weighted by molar-refractivity contribution is 0.298. The van der Waals surface area contributed by atoms with Gasteiger partial charge in [-0.15, -0.1) is 0 Å². The Labute approximate surface area is 261 Å². The monoisotopic (exact) mass is 598 g/mol. The van der Waals surface area contributed by atoms with Gasteiger partial charge in [-0.25, -0.2) is 0 Å². The molecule has 44 heavy (non-hydrogen) atoms. The standard InChI is InChI=1S/C36H46N4O4/c37-11-3-15-41-33-21-31(22-34(25-33)42-16-4-12-38)29-9-1-7-27(19-29)28-8-2-10-30(20-28)32-23-35(43-17-5-13-39)26-36(24-32)44-18-6-14-40/h1-2,7-10,19-26H,3-6,11-18,37-40H2. The summed E-state index contributed by atoms with van der Waals surface area (Å²) in [4.78, 5) is 0. The van der Waals surface area contributed by atoms with E-state index in [1.807, 2.05) is 36.4 Å². The van der Waals surface area contributed by atoms with Crippen LogP contribution in [0.2, 0.25) is 0 Å². The Morgan fingerprint density at radius 1 is 0.341 bits per heavy atom. The molecule has 0 spiro atoms. The maximum atomic E-state index is 6.00. The van der Waals surface area contributed by atoms with E-state index in [2.05, 4.69) is 48.5 Å². The van der Waals surface area contributed by atoms with E-state index in [9.17, 15) is 0 Å². The summed E-state index contributed by atoms with van der Waals surface area (Å²) in [7, 11) is 0. The minimum atomic E-state index is 0.550. The van der Waals surface area contributed by atoms with Gasteiger partial charge in [0, 0.05) is 12.1 Å². The maximum absolute atomic E-state index is 6.00. The summed E-state index contributed by atoms with van der Waals surface area (Å²) in [5.74, 6) is 3.02. The predicted molar refractivity (Wildman–Crippen MR) is 179 cm³/mol. The Morgan fingerprint density at radius 3 is 0.886 bits per heavy atom. The average molecular weight is 599 g/mol. The minimum Gasteiger partial charge on any atom is -0.493 e. The molecule has 8 N–H and O–H groups in total. The summed E-state index contributed by atoms with van der Waals surface area (Å²) < 4.78 is 24.0. The molecule has 0 aliphatic rings. The summed E-state index contributed by atoms with van der Waals surface area (Å²) in [6.07, 6.45) is 3.12. The molecule has 0 saturated carbocycles. The summed E-state index contributed by atoms with van der Waals surface area (Å²) in [6.45, 7) is 4.51. The smallest absolute Gasteiger partial charge is 0.123 e. The molecular weight excluding hydrogens is 552 g/mol. The molecule has 0 aliphatic heterocycles. The Balaban J connectivity index is 1.64. The fraction of sp³-hybridized carbons (Fsp3) is 0.333. The summed E-state index contributed by atoms with van der Waals surface area (Å²) in [6, 6.07) is 29.0. The van der Waals surface area contributed by atoms with Crippen LogP contribution in [0.3, 0.4) is 0 Å². The van der Waals surface area contributed by atoms with Crippen LogP contribution < -0.4 is 41.9 Å². The molecule has 0 amide bonds. The van der Waals surface area contributed by atoms with Gasteiger partial charge in [0.1, 0.15) is 23.0 Å². The van der Waals surface area contributed by atoms with Gasteiger partial charge in [-0.05, 0) is 122 Å². The van der Waals surface area contributed by atoms with Crippen molar-refractivity contribution in [2.75, 3.05) is 52.6 Å². The van der Waals surface area contributed by atoms with Crippen molar-refractivity contribution < 1.29 is 18.9 Å². The Hall–Kier alpha value is -4.08. The molecular formula is C36H46N4O4. The molecule has 0 atom stereocenters. The van der Waals surface area contributed by atoms with Crippen LogP contribution in [0.25, 0.3) is 33.4 Å². The summed E-state index contributed by atoms with van der Waals surface area (Å²) >= 11 is 0. The van der Waals surface area contributed by atoms with E-state index in [4.69, 9.17) is 41.9 Å². The number of hydrogen-bond acceptors (Lipinski definition) is 8. The third-order valence-electron chi connectivity index (χ3n) is 6.95. The summed E-state index contributed by atoms with van der Waals surface area (Å²) in [5.41, 5.74) is 29.0. The lowest BCUT2D eigenvalue weighted by Crippen LogP contribution is -2.07. The molecule has 0 heterocycles. The zero-order chi connectivity index (χ0) is 31.0. The molecule has 0 bridgehead atoms. The number of rotatable bonds is 19. The third kappa shape index (κ3) is 9.99. The van der Waals surface area contributed by atoms with Crippen molar-refractivity contribution in [1.82, 2.24) is 0 Å². The van der Waals surface area contributed by atoms with Crippen molar-refractivity contribution in [3.8, 4) is 56.4 Å². The van der Waals surface area contributed by atoms with Crippen molar-refractivity contribution in [2.24, 2.45) is 22.9 Å². The lowest BCUT2D eigenvalue weighted by atomic mass is 9.96. The van der Waals surface area contributed by atoms with Gasteiger partial charge in [-0.1, -0.05) is 36.4 Å². The molecule has 0 aliphatic carbocycles. The van der Waals surface area contributed by atoms with Crippen molar-refractivity contribution >= 4 is 0 Å². The maximum Gasteiger partial charge on any atom is 0.123 e. The van der Waals surface area contributed by atoms with Crippen LogP contribution in [0.4, 0.5) is 0 Å². The molecule has 0 fully saturated rings. The molecule has 8 heteroatoms. The van der Waals surface area contributed by atoms with Crippen molar-refractivity contribution in [2.45, 2.75) is 25.7 Å². The van der Waals surface area contributed by atoms with E-state index in [-0.39, 0.29) is 0 Å². The topological polar surface area (TPSA) is 141 Å². The first-order valence-electron chi connectivity index (χ1n) is 15.5. The molecule has 0 saturated heterocycles. The number of nitrogens with two attached hydrogens (primary N) is 4. The highest BCUT2D eigenvalue weighted by Gasteiger charge is 2.10. The second kappa shape index (κ2) is 17.9. The predicted octanol–water partition coefficient (Wildman–Crippen LogP) is 5.60. The van der Waals surface area contributed by atoms with Gasteiger partial charge in [0.2, 0.25) is 0 Å². The van der Waals surface area contributed by atoms with Gasteiger partial charge in [0.25, 0.3) is 0 Å². The molecule has 0 unspecified atom stereocenters. The largest absolute Gasteiger partial charge is 0.493 e. The highest BCUT2D eigenvalue weighted by Crippen LogP contribution is 2.35. The van der Waals surface area contributed by atoms with Gasteiger partial charge >= 0.3 is 0 Å². The van der Waals surface area contributed by atoms with Crippen LogP contribution in [0, 0.1) is 0 Å². The fourth-order valence-corrected chi connectivity index (χ4v) is 4.66. The van der Waals surface area contributed by atoms with Crippen LogP contribution in [-0.2, 0) is 0 Å². The van der Waals surface area contributed by atoms with Crippen LogP contribution >= 0.6 is 0 Å². The van der Waals surface area contributed by atoms with E-state index in [0.717, 1.165) is 82.1 Å².